The molecule has 5 aromatic rings. The topological polar surface area (TPSA) is 68.5 Å². The Morgan fingerprint density at radius 3 is 2.70 bits per heavy atom. The van der Waals surface area contributed by atoms with E-state index in [0.717, 1.165) is 22.0 Å². The number of aromatic nitrogens is 3. The van der Waals surface area contributed by atoms with E-state index >= 15 is 0 Å². The maximum Gasteiger partial charge on any atom is 0.255 e. The van der Waals surface area contributed by atoms with Gasteiger partial charge in [-0.1, -0.05) is 30.3 Å². The number of methoxy groups -OCH3 is 1. The number of rotatable bonds is 4. The average molecular weight is 394 g/mol. The Bertz CT molecular complexity index is 1360. The Hall–Kier alpha value is -4.19. The van der Waals surface area contributed by atoms with Gasteiger partial charge in [-0.25, -0.2) is 9.97 Å². The molecule has 0 radical (unpaired) electrons. The fourth-order valence-electron chi connectivity index (χ4n) is 3.46. The van der Waals surface area contributed by atoms with Crippen molar-refractivity contribution >= 4 is 28.1 Å². The SMILES string of the molecule is COc1ccc(-c2cn3cccnc3n2)cc1NC(=O)c1ccc2ccccc2c1. The van der Waals surface area contributed by atoms with Crippen LogP contribution in [0, 0.1) is 0 Å². The van der Waals surface area contributed by atoms with Crippen molar-refractivity contribution < 1.29 is 9.53 Å². The lowest BCUT2D eigenvalue weighted by Crippen LogP contribution is -2.12. The zero-order valence-corrected chi connectivity index (χ0v) is 16.2. The number of fused-ring (bicyclic) bond motifs is 2. The van der Waals surface area contributed by atoms with Gasteiger partial charge in [-0.15, -0.1) is 0 Å². The van der Waals surface area contributed by atoms with E-state index in [4.69, 9.17) is 4.74 Å². The van der Waals surface area contributed by atoms with E-state index < -0.39 is 0 Å². The Labute approximate surface area is 172 Å². The van der Waals surface area contributed by atoms with E-state index in [2.05, 4.69) is 15.3 Å². The fraction of sp³-hybridized carbons (Fsp3) is 0.0417. The lowest BCUT2D eigenvalue weighted by molar-refractivity contribution is 0.102. The van der Waals surface area contributed by atoms with Crippen LogP contribution in [-0.4, -0.2) is 27.4 Å². The Morgan fingerprint density at radius 1 is 1.00 bits per heavy atom. The summed E-state index contributed by atoms with van der Waals surface area (Å²) >= 11 is 0. The number of carbonyl (C=O) groups is 1. The van der Waals surface area contributed by atoms with Crippen LogP contribution in [-0.2, 0) is 0 Å². The van der Waals surface area contributed by atoms with Gasteiger partial charge in [0, 0.05) is 29.7 Å². The van der Waals surface area contributed by atoms with Crippen molar-refractivity contribution in [2.24, 2.45) is 0 Å². The molecule has 0 saturated heterocycles. The summed E-state index contributed by atoms with van der Waals surface area (Å²) in [7, 11) is 1.58. The van der Waals surface area contributed by atoms with Crippen LogP contribution in [0.25, 0.3) is 27.8 Å². The molecule has 6 heteroatoms. The number of ether oxygens (including phenoxy) is 1. The number of benzene rings is 3. The highest BCUT2D eigenvalue weighted by molar-refractivity contribution is 6.07. The second-order valence-electron chi connectivity index (χ2n) is 6.88. The fourth-order valence-corrected chi connectivity index (χ4v) is 3.46. The van der Waals surface area contributed by atoms with Crippen LogP contribution in [0.4, 0.5) is 5.69 Å². The molecule has 0 bridgehead atoms. The van der Waals surface area contributed by atoms with Crippen molar-refractivity contribution in [2.45, 2.75) is 0 Å². The molecular weight excluding hydrogens is 376 g/mol. The van der Waals surface area contributed by atoms with Gasteiger partial charge in [-0.2, -0.15) is 0 Å². The Kier molecular flexibility index (Phi) is 4.37. The molecule has 0 aliphatic carbocycles. The van der Waals surface area contributed by atoms with E-state index in [1.807, 2.05) is 83.5 Å². The van der Waals surface area contributed by atoms with Crippen LogP contribution >= 0.6 is 0 Å². The number of hydrogen-bond acceptors (Lipinski definition) is 4. The first-order valence-corrected chi connectivity index (χ1v) is 9.49. The third kappa shape index (κ3) is 3.24. The maximum atomic E-state index is 12.9. The largest absolute Gasteiger partial charge is 0.495 e. The standard InChI is InChI=1S/C24H18N4O2/c1-30-22-10-9-18(21-15-28-12-4-11-25-24(28)27-21)14-20(22)26-23(29)19-8-7-16-5-2-3-6-17(16)13-19/h2-15H,1H3,(H,26,29). The van der Waals surface area contributed by atoms with Gasteiger partial charge in [0.05, 0.1) is 18.5 Å². The molecule has 0 spiro atoms. The molecule has 30 heavy (non-hydrogen) atoms. The van der Waals surface area contributed by atoms with Crippen molar-refractivity contribution in [1.82, 2.24) is 14.4 Å². The lowest BCUT2D eigenvalue weighted by atomic mass is 10.1. The molecule has 1 N–H and O–H groups in total. The summed E-state index contributed by atoms with van der Waals surface area (Å²) < 4.78 is 7.30. The van der Waals surface area contributed by atoms with E-state index in [9.17, 15) is 4.79 Å². The van der Waals surface area contributed by atoms with Gasteiger partial charge in [0.1, 0.15) is 5.75 Å². The Balaban J connectivity index is 1.49. The number of carbonyl (C=O) groups excluding carboxylic acids is 1. The third-order valence-electron chi connectivity index (χ3n) is 4.99. The minimum absolute atomic E-state index is 0.201. The molecule has 0 atom stereocenters. The lowest BCUT2D eigenvalue weighted by Gasteiger charge is -2.12. The molecule has 0 fully saturated rings. The molecule has 0 saturated carbocycles. The van der Waals surface area contributed by atoms with Crippen LogP contribution in [0.1, 0.15) is 10.4 Å². The third-order valence-corrected chi connectivity index (χ3v) is 4.99. The molecule has 3 aromatic carbocycles. The molecule has 0 unspecified atom stereocenters. The first-order valence-electron chi connectivity index (χ1n) is 9.49. The van der Waals surface area contributed by atoms with Gasteiger partial charge >= 0.3 is 0 Å². The zero-order chi connectivity index (χ0) is 20.5. The second-order valence-corrected chi connectivity index (χ2v) is 6.88. The Morgan fingerprint density at radius 2 is 1.87 bits per heavy atom. The van der Waals surface area contributed by atoms with Crippen molar-refractivity contribution in [3.05, 3.63) is 90.9 Å². The maximum absolute atomic E-state index is 12.9. The molecule has 1 amide bonds. The molecule has 0 aliphatic rings. The predicted molar refractivity (Wildman–Crippen MR) is 117 cm³/mol. The number of nitrogens with zero attached hydrogens (tertiary/aromatic N) is 3. The molecule has 0 aliphatic heterocycles. The van der Waals surface area contributed by atoms with Crippen molar-refractivity contribution in [2.75, 3.05) is 12.4 Å². The van der Waals surface area contributed by atoms with Crippen molar-refractivity contribution in [3.8, 4) is 17.0 Å². The van der Waals surface area contributed by atoms with Gasteiger partial charge < -0.3 is 10.1 Å². The van der Waals surface area contributed by atoms with Crippen molar-refractivity contribution in [3.63, 3.8) is 0 Å². The van der Waals surface area contributed by atoms with Gasteiger partial charge in [0.25, 0.3) is 5.91 Å². The first-order chi connectivity index (χ1) is 14.7. The van der Waals surface area contributed by atoms with Crippen molar-refractivity contribution in [1.29, 1.82) is 0 Å². The van der Waals surface area contributed by atoms with E-state index in [1.165, 1.54) is 0 Å². The van der Waals surface area contributed by atoms with Crippen LogP contribution < -0.4 is 10.1 Å². The summed E-state index contributed by atoms with van der Waals surface area (Å²) in [5.41, 5.74) is 2.78. The highest BCUT2D eigenvalue weighted by atomic mass is 16.5. The summed E-state index contributed by atoms with van der Waals surface area (Å²) in [6.45, 7) is 0. The number of amides is 1. The minimum atomic E-state index is -0.201. The van der Waals surface area contributed by atoms with Crippen LogP contribution in [0.5, 0.6) is 5.75 Å². The second kappa shape index (κ2) is 7.33. The molecule has 2 heterocycles. The molecule has 5 rings (SSSR count). The number of anilines is 1. The van der Waals surface area contributed by atoms with Crippen LogP contribution in [0.15, 0.2) is 85.3 Å². The summed E-state index contributed by atoms with van der Waals surface area (Å²) in [5, 5.41) is 5.08. The van der Waals surface area contributed by atoms with Gasteiger partial charge in [-0.05, 0) is 47.2 Å². The van der Waals surface area contributed by atoms with E-state index in [0.29, 0.717) is 22.8 Å². The quantitative estimate of drug-likeness (QED) is 0.475. The van der Waals surface area contributed by atoms with Crippen LogP contribution in [0.3, 0.4) is 0 Å². The monoisotopic (exact) mass is 394 g/mol. The molecule has 2 aromatic heterocycles. The van der Waals surface area contributed by atoms with E-state index in [-0.39, 0.29) is 5.91 Å². The predicted octanol–water partition coefficient (Wildman–Crippen LogP) is 4.81. The summed E-state index contributed by atoms with van der Waals surface area (Å²) in [6, 6.07) is 21.0. The normalized spacial score (nSPS) is 11.0. The highest BCUT2D eigenvalue weighted by Gasteiger charge is 2.13. The van der Waals surface area contributed by atoms with Gasteiger partial charge in [-0.3, -0.25) is 9.20 Å². The number of hydrogen-bond donors (Lipinski definition) is 1. The minimum Gasteiger partial charge on any atom is -0.495 e. The molecular formula is C24H18N4O2. The summed E-state index contributed by atoms with van der Waals surface area (Å²) in [5.74, 6) is 0.993. The van der Waals surface area contributed by atoms with E-state index in [1.54, 1.807) is 13.3 Å². The summed E-state index contributed by atoms with van der Waals surface area (Å²) in [6.07, 6.45) is 5.50. The smallest absolute Gasteiger partial charge is 0.255 e. The molecule has 146 valence electrons. The van der Waals surface area contributed by atoms with Crippen LogP contribution in [0.2, 0.25) is 0 Å². The number of imidazole rings is 1. The highest BCUT2D eigenvalue weighted by Crippen LogP contribution is 2.31. The zero-order valence-electron chi connectivity index (χ0n) is 16.2. The van der Waals surface area contributed by atoms with Gasteiger partial charge in [0.15, 0.2) is 0 Å². The first kappa shape index (κ1) is 17.9. The summed E-state index contributed by atoms with van der Waals surface area (Å²) in [4.78, 5) is 21.7. The number of nitrogens with one attached hydrogen (secondary N) is 1. The molecule has 6 nitrogen and oxygen atoms in total. The van der Waals surface area contributed by atoms with Gasteiger partial charge in [0.2, 0.25) is 5.78 Å². The average Bonchev–Trinajstić information content (AvgIpc) is 3.23.